The number of nitrogens with zero attached hydrogens (tertiary/aromatic N) is 2. The molecule has 1 aliphatic heterocycles. The van der Waals surface area contributed by atoms with Crippen molar-refractivity contribution < 1.29 is 13.9 Å². The van der Waals surface area contributed by atoms with Gasteiger partial charge in [-0.1, -0.05) is 0 Å². The van der Waals surface area contributed by atoms with Crippen LogP contribution in [0.1, 0.15) is 0 Å². The molecule has 1 N–H and O–H groups in total. The predicted molar refractivity (Wildman–Crippen MR) is 75.7 cm³/mol. The number of carbonyl (C=O) groups excluding carboxylic acids is 1. The Kier molecular flexibility index (Phi) is 4.79. The molecule has 1 amide bonds. The molecule has 1 aromatic rings. The lowest BCUT2D eigenvalue weighted by Gasteiger charge is -2.36. The molecular formula is C14H20FN3O2. The molecule has 1 aliphatic rings. The molecule has 0 atom stereocenters. The minimum atomic E-state index is -0.312. The standard InChI is InChI=1S/C14H20FN3O2/c1-16-10-14(19)18-7-5-17(6-8-18)12-4-3-11(15)9-13(12)20-2/h3-4,9,16H,5-8,10H2,1-2H3. The van der Waals surface area contributed by atoms with E-state index in [0.29, 0.717) is 25.4 Å². The first-order valence-corrected chi connectivity index (χ1v) is 6.66. The highest BCUT2D eigenvalue weighted by Crippen LogP contribution is 2.29. The summed E-state index contributed by atoms with van der Waals surface area (Å²) in [5.41, 5.74) is 0.870. The van der Waals surface area contributed by atoms with Crippen molar-refractivity contribution in [2.24, 2.45) is 0 Å². The van der Waals surface area contributed by atoms with Crippen molar-refractivity contribution in [1.82, 2.24) is 10.2 Å². The largest absolute Gasteiger partial charge is 0.494 e. The van der Waals surface area contributed by atoms with Gasteiger partial charge in [0.2, 0.25) is 5.91 Å². The lowest BCUT2D eigenvalue weighted by molar-refractivity contribution is -0.130. The van der Waals surface area contributed by atoms with Crippen molar-refractivity contribution in [3.05, 3.63) is 24.0 Å². The maximum atomic E-state index is 13.2. The van der Waals surface area contributed by atoms with Gasteiger partial charge in [0.25, 0.3) is 0 Å². The van der Waals surface area contributed by atoms with Crippen LogP contribution in [0.5, 0.6) is 5.75 Å². The molecule has 0 aliphatic carbocycles. The molecule has 0 saturated carbocycles. The third kappa shape index (κ3) is 3.19. The Hall–Kier alpha value is -1.82. The van der Waals surface area contributed by atoms with Gasteiger partial charge in [0.1, 0.15) is 11.6 Å². The summed E-state index contributed by atoms with van der Waals surface area (Å²) in [4.78, 5) is 15.7. The zero-order valence-corrected chi connectivity index (χ0v) is 11.9. The van der Waals surface area contributed by atoms with E-state index in [1.54, 1.807) is 13.1 Å². The molecule has 110 valence electrons. The van der Waals surface area contributed by atoms with Crippen molar-refractivity contribution in [2.45, 2.75) is 0 Å². The van der Waals surface area contributed by atoms with Crippen LogP contribution in [0, 0.1) is 5.82 Å². The van der Waals surface area contributed by atoms with E-state index in [1.165, 1.54) is 19.2 Å². The number of anilines is 1. The normalized spacial score (nSPS) is 15.3. The van der Waals surface area contributed by atoms with Gasteiger partial charge in [-0.2, -0.15) is 0 Å². The van der Waals surface area contributed by atoms with Gasteiger partial charge in [-0.3, -0.25) is 4.79 Å². The van der Waals surface area contributed by atoms with Crippen LogP contribution in [0.4, 0.5) is 10.1 Å². The highest BCUT2D eigenvalue weighted by atomic mass is 19.1. The minimum absolute atomic E-state index is 0.109. The van der Waals surface area contributed by atoms with Crippen LogP contribution in [-0.4, -0.2) is 57.7 Å². The van der Waals surface area contributed by atoms with Gasteiger partial charge in [-0.05, 0) is 19.2 Å². The number of likely N-dealkylation sites (N-methyl/N-ethyl adjacent to an activating group) is 1. The summed E-state index contributed by atoms with van der Waals surface area (Å²) in [5.74, 6) is 0.326. The van der Waals surface area contributed by atoms with E-state index in [9.17, 15) is 9.18 Å². The first-order chi connectivity index (χ1) is 9.65. The van der Waals surface area contributed by atoms with E-state index >= 15 is 0 Å². The van der Waals surface area contributed by atoms with Gasteiger partial charge in [-0.15, -0.1) is 0 Å². The lowest BCUT2D eigenvalue weighted by Crippen LogP contribution is -2.50. The number of hydrogen-bond acceptors (Lipinski definition) is 4. The molecule has 0 unspecified atom stereocenters. The predicted octanol–water partition coefficient (Wildman–Crippen LogP) is 0.702. The van der Waals surface area contributed by atoms with E-state index in [2.05, 4.69) is 10.2 Å². The Labute approximate surface area is 118 Å². The van der Waals surface area contributed by atoms with Crippen LogP contribution in [-0.2, 0) is 4.79 Å². The summed E-state index contributed by atoms with van der Waals surface area (Å²) in [7, 11) is 3.29. The van der Waals surface area contributed by atoms with Crippen molar-refractivity contribution >= 4 is 11.6 Å². The summed E-state index contributed by atoms with van der Waals surface area (Å²) >= 11 is 0. The third-order valence-corrected chi connectivity index (χ3v) is 3.44. The van der Waals surface area contributed by atoms with Crippen LogP contribution >= 0.6 is 0 Å². The number of benzene rings is 1. The quantitative estimate of drug-likeness (QED) is 0.882. The molecule has 1 aromatic carbocycles. The van der Waals surface area contributed by atoms with Gasteiger partial charge in [0.15, 0.2) is 0 Å². The van der Waals surface area contributed by atoms with Gasteiger partial charge in [0, 0.05) is 32.2 Å². The second-order valence-corrected chi connectivity index (χ2v) is 4.71. The summed E-state index contributed by atoms with van der Waals surface area (Å²) in [6.07, 6.45) is 0. The maximum absolute atomic E-state index is 13.2. The topological polar surface area (TPSA) is 44.8 Å². The number of halogens is 1. The summed E-state index contributed by atoms with van der Waals surface area (Å²) < 4.78 is 18.4. The number of ether oxygens (including phenoxy) is 1. The number of hydrogen-bond donors (Lipinski definition) is 1. The highest BCUT2D eigenvalue weighted by molar-refractivity contribution is 5.78. The summed E-state index contributed by atoms with van der Waals surface area (Å²) in [5, 5.41) is 2.87. The monoisotopic (exact) mass is 281 g/mol. The number of methoxy groups -OCH3 is 1. The Morgan fingerprint density at radius 1 is 1.35 bits per heavy atom. The van der Waals surface area contributed by atoms with E-state index in [0.717, 1.165) is 18.8 Å². The lowest BCUT2D eigenvalue weighted by atomic mass is 10.2. The molecule has 5 nitrogen and oxygen atoms in total. The highest BCUT2D eigenvalue weighted by Gasteiger charge is 2.22. The fraction of sp³-hybridized carbons (Fsp3) is 0.500. The van der Waals surface area contributed by atoms with Gasteiger partial charge >= 0.3 is 0 Å². The Morgan fingerprint density at radius 3 is 2.65 bits per heavy atom. The van der Waals surface area contributed by atoms with Gasteiger partial charge in [-0.25, -0.2) is 4.39 Å². The van der Waals surface area contributed by atoms with Crippen LogP contribution < -0.4 is 15.0 Å². The zero-order valence-electron chi connectivity index (χ0n) is 11.9. The van der Waals surface area contributed by atoms with Crippen molar-refractivity contribution in [3.8, 4) is 5.75 Å². The molecule has 2 rings (SSSR count). The van der Waals surface area contributed by atoms with Crippen molar-refractivity contribution in [2.75, 3.05) is 51.8 Å². The van der Waals surface area contributed by atoms with Crippen molar-refractivity contribution in [3.63, 3.8) is 0 Å². The molecule has 0 bridgehead atoms. The molecule has 1 saturated heterocycles. The number of rotatable bonds is 4. The average Bonchev–Trinajstić information content (AvgIpc) is 2.47. The van der Waals surface area contributed by atoms with E-state index in [1.807, 2.05) is 4.90 Å². The van der Waals surface area contributed by atoms with E-state index in [4.69, 9.17) is 4.74 Å². The molecule has 0 radical (unpaired) electrons. The number of carbonyl (C=O) groups is 1. The van der Waals surface area contributed by atoms with Gasteiger partial charge in [0.05, 0.1) is 19.3 Å². The molecule has 6 heteroatoms. The Balaban J connectivity index is 2.02. The van der Waals surface area contributed by atoms with Crippen LogP contribution in [0.2, 0.25) is 0 Å². The maximum Gasteiger partial charge on any atom is 0.236 e. The number of nitrogens with one attached hydrogen (secondary N) is 1. The molecule has 20 heavy (non-hydrogen) atoms. The summed E-state index contributed by atoms with van der Waals surface area (Å²) in [6.45, 7) is 3.14. The van der Waals surface area contributed by atoms with Gasteiger partial charge < -0.3 is 19.9 Å². The van der Waals surface area contributed by atoms with Crippen LogP contribution in [0.15, 0.2) is 18.2 Å². The second kappa shape index (κ2) is 6.56. The fourth-order valence-electron chi connectivity index (χ4n) is 2.37. The molecule has 1 heterocycles. The SMILES string of the molecule is CNCC(=O)N1CCN(c2ccc(F)cc2OC)CC1. The number of piperazine rings is 1. The molecule has 0 aromatic heterocycles. The first kappa shape index (κ1) is 14.6. The molecule has 1 fully saturated rings. The average molecular weight is 281 g/mol. The Bertz CT molecular complexity index is 473. The zero-order chi connectivity index (χ0) is 14.5. The van der Waals surface area contributed by atoms with Crippen LogP contribution in [0.25, 0.3) is 0 Å². The molecular weight excluding hydrogens is 261 g/mol. The molecule has 0 spiro atoms. The van der Waals surface area contributed by atoms with Crippen molar-refractivity contribution in [1.29, 1.82) is 0 Å². The fourth-order valence-corrected chi connectivity index (χ4v) is 2.37. The Morgan fingerprint density at radius 2 is 2.05 bits per heavy atom. The smallest absolute Gasteiger partial charge is 0.236 e. The van der Waals surface area contributed by atoms with E-state index in [-0.39, 0.29) is 11.7 Å². The second-order valence-electron chi connectivity index (χ2n) is 4.71. The third-order valence-electron chi connectivity index (χ3n) is 3.44. The first-order valence-electron chi connectivity index (χ1n) is 6.66. The minimum Gasteiger partial charge on any atom is -0.494 e. The van der Waals surface area contributed by atoms with E-state index < -0.39 is 0 Å². The number of amides is 1. The summed E-state index contributed by atoms with van der Waals surface area (Å²) in [6, 6.07) is 4.53. The van der Waals surface area contributed by atoms with Crippen LogP contribution in [0.3, 0.4) is 0 Å².